The maximum atomic E-state index is 11.5. The molecule has 0 aromatic heterocycles. The van der Waals surface area contributed by atoms with Crippen LogP contribution in [0.5, 0.6) is 0 Å². The standard InChI is InChI=1S/C14H17NO3/c1-18-14(17)12-7-13(16)10-15(9-12)8-11-5-3-2-4-6-11/h2-7,13,16H,8-10H2,1H3/t13-/m1/s1. The van der Waals surface area contributed by atoms with Crippen LogP contribution >= 0.6 is 0 Å². The molecule has 0 bridgehead atoms. The molecular weight excluding hydrogens is 230 g/mol. The Balaban J connectivity index is 2.04. The van der Waals surface area contributed by atoms with Crippen molar-refractivity contribution >= 4 is 5.97 Å². The van der Waals surface area contributed by atoms with E-state index >= 15 is 0 Å². The van der Waals surface area contributed by atoms with Crippen LogP contribution in [-0.2, 0) is 16.1 Å². The van der Waals surface area contributed by atoms with Crippen LogP contribution in [0.1, 0.15) is 5.56 Å². The van der Waals surface area contributed by atoms with Gasteiger partial charge in [0.2, 0.25) is 0 Å². The number of aliphatic hydroxyl groups excluding tert-OH is 1. The summed E-state index contributed by atoms with van der Waals surface area (Å²) >= 11 is 0. The Labute approximate surface area is 106 Å². The van der Waals surface area contributed by atoms with E-state index in [0.29, 0.717) is 25.2 Å². The summed E-state index contributed by atoms with van der Waals surface area (Å²) < 4.78 is 4.69. The number of nitrogens with zero attached hydrogens (tertiary/aromatic N) is 1. The van der Waals surface area contributed by atoms with Gasteiger partial charge in [-0.05, 0) is 11.6 Å². The molecule has 4 nitrogen and oxygen atoms in total. The van der Waals surface area contributed by atoms with Crippen LogP contribution in [0.25, 0.3) is 0 Å². The lowest BCUT2D eigenvalue weighted by atomic mass is 10.1. The first-order valence-corrected chi connectivity index (χ1v) is 5.92. The fourth-order valence-corrected chi connectivity index (χ4v) is 2.13. The molecule has 1 aromatic carbocycles. The number of benzene rings is 1. The van der Waals surface area contributed by atoms with Gasteiger partial charge in [0.1, 0.15) is 0 Å². The summed E-state index contributed by atoms with van der Waals surface area (Å²) in [6.45, 7) is 1.76. The zero-order valence-electron chi connectivity index (χ0n) is 10.4. The minimum atomic E-state index is -0.614. The summed E-state index contributed by atoms with van der Waals surface area (Å²) in [5, 5.41) is 9.75. The van der Waals surface area contributed by atoms with Crippen LogP contribution in [0.4, 0.5) is 0 Å². The molecule has 1 aliphatic heterocycles. The first-order valence-electron chi connectivity index (χ1n) is 5.92. The SMILES string of the molecule is COC(=O)C1=C[C@@H](O)CN(Cc2ccccc2)C1. The first kappa shape index (κ1) is 12.8. The predicted molar refractivity (Wildman–Crippen MR) is 67.8 cm³/mol. The molecular formula is C14H17NO3. The number of aliphatic hydroxyl groups is 1. The Hall–Kier alpha value is -1.65. The number of methoxy groups -OCH3 is 1. The van der Waals surface area contributed by atoms with Crippen molar-refractivity contribution in [3.8, 4) is 0 Å². The zero-order chi connectivity index (χ0) is 13.0. The Bertz CT molecular complexity index is 442. The highest BCUT2D eigenvalue weighted by Gasteiger charge is 2.23. The molecule has 1 aromatic rings. The van der Waals surface area contributed by atoms with Crippen LogP contribution in [0.3, 0.4) is 0 Å². The van der Waals surface area contributed by atoms with E-state index in [1.54, 1.807) is 6.08 Å². The molecule has 0 saturated carbocycles. The van der Waals surface area contributed by atoms with Gasteiger partial charge in [0.15, 0.2) is 0 Å². The van der Waals surface area contributed by atoms with E-state index < -0.39 is 6.10 Å². The highest BCUT2D eigenvalue weighted by Crippen LogP contribution is 2.14. The largest absolute Gasteiger partial charge is 0.466 e. The van der Waals surface area contributed by atoms with Gasteiger partial charge in [-0.3, -0.25) is 4.90 Å². The number of β-amino-alcohol motifs (C(OH)–C–C–N with tert-alkyl or cyclic N) is 1. The Morgan fingerprint density at radius 3 is 2.83 bits per heavy atom. The molecule has 0 aliphatic carbocycles. The Morgan fingerprint density at radius 2 is 2.17 bits per heavy atom. The van der Waals surface area contributed by atoms with Crippen molar-refractivity contribution in [2.45, 2.75) is 12.6 Å². The van der Waals surface area contributed by atoms with Crippen LogP contribution in [-0.4, -0.2) is 42.3 Å². The average molecular weight is 247 g/mol. The molecule has 18 heavy (non-hydrogen) atoms. The van der Waals surface area contributed by atoms with Gasteiger partial charge in [-0.1, -0.05) is 30.3 Å². The lowest BCUT2D eigenvalue weighted by Crippen LogP contribution is -2.38. The molecule has 1 N–H and O–H groups in total. The Morgan fingerprint density at radius 1 is 1.44 bits per heavy atom. The number of carbonyl (C=O) groups excluding carboxylic acids is 1. The number of ether oxygens (including phenoxy) is 1. The van der Waals surface area contributed by atoms with Gasteiger partial charge in [0.25, 0.3) is 0 Å². The van der Waals surface area contributed by atoms with Crippen molar-refractivity contribution in [3.05, 3.63) is 47.5 Å². The maximum Gasteiger partial charge on any atom is 0.334 e. The number of rotatable bonds is 3. The quantitative estimate of drug-likeness (QED) is 0.808. The molecule has 1 aliphatic rings. The second-order valence-electron chi connectivity index (χ2n) is 4.41. The van der Waals surface area contributed by atoms with E-state index in [9.17, 15) is 9.90 Å². The highest BCUT2D eigenvalue weighted by atomic mass is 16.5. The van der Waals surface area contributed by atoms with E-state index in [1.807, 2.05) is 35.2 Å². The summed E-state index contributed by atoms with van der Waals surface area (Å²) in [4.78, 5) is 13.5. The fourth-order valence-electron chi connectivity index (χ4n) is 2.13. The highest BCUT2D eigenvalue weighted by molar-refractivity contribution is 5.89. The molecule has 96 valence electrons. The van der Waals surface area contributed by atoms with E-state index in [1.165, 1.54) is 7.11 Å². The first-order chi connectivity index (χ1) is 8.69. The summed E-state index contributed by atoms with van der Waals surface area (Å²) in [5.74, 6) is -0.369. The van der Waals surface area contributed by atoms with E-state index in [4.69, 9.17) is 4.74 Å². The molecule has 2 rings (SSSR count). The lowest BCUT2D eigenvalue weighted by Gasteiger charge is -2.29. The molecule has 0 saturated heterocycles. The molecule has 0 amide bonds. The maximum absolute atomic E-state index is 11.5. The van der Waals surface area contributed by atoms with Gasteiger partial charge in [-0.15, -0.1) is 0 Å². The van der Waals surface area contributed by atoms with Crippen LogP contribution in [0, 0.1) is 0 Å². The third-order valence-corrected chi connectivity index (χ3v) is 2.93. The van der Waals surface area contributed by atoms with E-state index in [0.717, 1.165) is 5.56 Å². The fraction of sp³-hybridized carbons (Fsp3) is 0.357. The summed E-state index contributed by atoms with van der Waals surface area (Å²) in [5.41, 5.74) is 1.68. The zero-order valence-corrected chi connectivity index (χ0v) is 10.4. The number of hydrogen-bond donors (Lipinski definition) is 1. The van der Waals surface area contributed by atoms with Crippen molar-refractivity contribution in [2.24, 2.45) is 0 Å². The van der Waals surface area contributed by atoms with Crippen molar-refractivity contribution in [2.75, 3.05) is 20.2 Å². The van der Waals surface area contributed by atoms with E-state index in [-0.39, 0.29) is 5.97 Å². The van der Waals surface area contributed by atoms with Crippen molar-refractivity contribution in [1.29, 1.82) is 0 Å². The van der Waals surface area contributed by atoms with Crippen LogP contribution in [0.2, 0.25) is 0 Å². The molecule has 0 spiro atoms. The van der Waals surface area contributed by atoms with Crippen LogP contribution in [0.15, 0.2) is 42.0 Å². The van der Waals surface area contributed by atoms with Gasteiger partial charge in [0.05, 0.1) is 13.2 Å². The number of esters is 1. The second kappa shape index (κ2) is 5.80. The van der Waals surface area contributed by atoms with Gasteiger partial charge in [-0.25, -0.2) is 4.79 Å². The summed E-state index contributed by atoms with van der Waals surface area (Å²) in [7, 11) is 1.35. The van der Waals surface area contributed by atoms with Crippen molar-refractivity contribution < 1.29 is 14.6 Å². The van der Waals surface area contributed by atoms with Crippen molar-refractivity contribution in [1.82, 2.24) is 4.90 Å². The van der Waals surface area contributed by atoms with Gasteiger partial charge in [-0.2, -0.15) is 0 Å². The monoisotopic (exact) mass is 247 g/mol. The summed E-state index contributed by atoms with van der Waals surface area (Å²) in [6.07, 6.45) is 0.962. The minimum Gasteiger partial charge on any atom is -0.466 e. The molecule has 0 unspecified atom stereocenters. The number of hydrogen-bond acceptors (Lipinski definition) is 4. The minimum absolute atomic E-state index is 0.369. The third-order valence-electron chi connectivity index (χ3n) is 2.93. The molecule has 0 fully saturated rings. The van der Waals surface area contributed by atoms with Gasteiger partial charge < -0.3 is 9.84 Å². The number of carbonyl (C=O) groups is 1. The molecule has 4 heteroatoms. The smallest absolute Gasteiger partial charge is 0.334 e. The van der Waals surface area contributed by atoms with Gasteiger partial charge >= 0.3 is 5.97 Å². The normalized spacial score (nSPS) is 20.3. The third kappa shape index (κ3) is 3.18. The predicted octanol–water partition coefficient (Wildman–Crippen LogP) is 0.962. The van der Waals surface area contributed by atoms with Crippen LogP contribution < -0.4 is 0 Å². The average Bonchev–Trinajstić information content (AvgIpc) is 2.38. The van der Waals surface area contributed by atoms with Gasteiger partial charge in [0, 0.05) is 25.2 Å². The topological polar surface area (TPSA) is 49.8 Å². The molecule has 0 radical (unpaired) electrons. The van der Waals surface area contributed by atoms with Crippen molar-refractivity contribution in [3.63, 3.8) is 0 Å². The van der Waals surface area contributed by atoms with E-state index in [2.05, 4.69) is 0 Å². The lowest BCUT2D eigenvalue weighted by molar-refractivity contribution is -0.136. The Kier molecular flexibility index (Phi) is 4.12. The second-order valence-corrected chi connectivity index (χ2v) is 4.41. The molecule has 1 atom stereocenters. The summed E-state index contributed by atoms with van der Waals surface area (Å²) in [6, 6.07) is 9.99. The molecule has 1 heterocycles.